The number of benzene rings is 2. The molecule has 2 N–H and O–H groups in total. The number of likely N-dealkylation sites (N-methyl/N-ethyl adjacent to an activating group) is 1. The largest absolute Gasteiger partial charge is 0.494 e. The molecule has 0 aliphatic carbocycles. The highest BCUT2D eigenvalue weighted by atomic mass is 35.5. The minimum Gasteiger partial charge on any atom is -0.494 e. The molecule has 11 heteroatoms. The Labute approximate surface area is 239 Å². The summed E-state index contributed by atoms with van der Waals surface area (Å²) in [7, 11) is 5.43. The second-order valence-electron chi connectivity index (χ2n) is 9.88. The first-order chi connectivity index (χ1) is 19.4. The maximum absolute atomic E-state index is 13.2. The fraction of sp³-hybridized carbons (Fsp3) is 0.310. The summed E-state index contributed by atoms with van der Waals surface area (Å²) < 4.78 is 7.45. The lowest BCUT2D eigenvalue weighted by Crippen LogP contribution is -2.43. The van der Waals surface area contributed by atoms with Gasteiger partial charge in [0, 0.05) is 42.5 Å². The monoisotopic (exact) mass is 560 g/mol. The fourth-order valence-electron chi connectivity index (χ4n) is 4.91. The fourth-order valence-corrected chi connectivity index (χ4v) is 5.06. The number of aromatic nitrogens is 4. The van der Waals surface area contributed by atoms with Gasteiger partial charge >= 0.3 is 0 Å². The minimum absolute atomic E-state index is 0.0765. The first-order valence-electron chi connectivity index (χ1n) is 13.1. The number of carbonyl (C=O) groups is 1. The van der Waals surface area contributed by atoms with Gasteiger partial charge < -0.3 is 29.7 Å². The Balaban J connectivity index is 1.53. The zero-order valence-corrected chi connectivity index (χ0v) is 23.8. The van der Waals surface area contributed by atoms with Gasteiger partial charge in [-0.25, -0.2) is 9.97 Å². The van der Waals surface area contributed by atoms with E-state index in [4.69, 9.17) is 26.3 Å². The molecule has 3 heterocycles. The van der Waals surface area contributed by atoms with Crippen LogP contribution >= 0.6 is 11.6 Å². The van der Waals surface area contributed by atoms with Crippen molar-refractivity contribution in [1.82, 2.24) is 29.3 Å². The number of methoxy groups -OCH3 is 1. The molecule has 0 bridgehead atoms. The van der Waals surface area contributed by atoms with Crippen molar-refractivity contribution in [3.8, 4) is 11.4 Å². The number of carbonyl (C=O) groups excluding carboxylic acids is 1. The van der Waals surface area contributed by atoms with E-state index in [-0.39, 0.29) is 11.8 Å². The summed E-state index contributed by atoms with van der Waals surface area (Å²) in [5, 5.41) is 7.17. The van der Waals surface area contributed by atoms with Crippen molar-refractivity contribution in [2.24, 2.45) is 0 Å². The van der Waals surface area contributed by atoms with Gasteiger partial charge in [-0.3, -0.25) is 4.79 Å². The smallest absolute Gasteiger partial charge is 0.237 e. The highest BCUT2D eigenvalue weighted by Gasteiger charge is 2.33. The second-order valence-corrected chi connectivity index (χ2v) is 10.3. The third kappa shape index (κ3) is 5.88. The van der Waals surface area contributed by atoms with Crippen LogP contribution in [0.2, 0.25) is 5.15 Å². The molecule has 1 amide bonds. The van der Waals surface area contributed by atoms with Crippen molar-refractivity contribution >= 4 is 35.0 Å². The van der Waals surface area contributed by atoms with E-state index in [1.54, 1.807) is 24.2 Å². The molecule has 2 aromatic carbocycles. The molecular weight excluding hydrogens is 528 g/mol. The number of imidazole rings is 1. The van der Waals surface area contributed by atoms with E-state index >= 15 is 0 Å². The molecule has 5 rings (SSSR count). The van der Waals surface area contributed by atoms with E-state index < -0.39 is 0 Å². The molecule has 4 aromatic rings. The van der Waals surface area contributed by atoms with E-state index in [9.17, 15) is 4.79 Å². The summed E-state index contributed by atoms with van der Waals surface area (Å²) in [4.78, 5) is 30.9. The van der Waals surface area contributed by atoms with E-state index in [0.29, 0.717) is 43.0 Å². The SMILES string of the molecule is CCNc1nc(Nc2ccc(-n3cnc(Cl)c3)c(OC)c2)nc2c1CN(C(=O)CN(C)C)CC2c1ccccc1. The highest BCUT2D eigenvalue weighted by Crippen LogP contribution is 2.37. The van der Waals surface area contributed by atoms with Crippen LogP contribution in [0.5, 0.6) is 5.75 Å². The maximum Gasteiger partial charge on any atom is 0.237 e. The molecule has 2 aromatic heterocycles. The number of halogens is 1. The van der Waals surface area contributed by atoms with Gasteiger partial charge in [0.05, 0.1) is 31.6 Å². The number of hydrogen-bond acceptors (Lipinski definition) is 8. The van der Waals surface area contributed by atoms with Crippen LogP contribution in [-0.4, -0.2) is 76.1 Å². The molecule has 40 heavy (non-hydrogen) atoms. The molecule has 208 valence electrons. The summed E-state index contributed by atoms with van der Waals surface area (Å²) in [6.45, 7) is 4.04. The zero-order valence-electron chi connectivity index (χ0n) is 23.1. The van der Waals surface area contributed by atoms with Crippen LogP contribution in [0.25, 0.3) is 5.69 Å². The third-order valence-corrected chi connectivity index (χ3v) is 6.93. The van der Waals surface area contributed by atoms with E-state index in [0.717, 1.165) is 34.0 Å². The Morgan fingerprint density at radius 2 is 1.98 bits per heavy atom. The number of rotatable bonds is 9. The summed E-state index contributed by atoms with van der Waals surface area (Å²) in [6.07, 6.45) is 3.36. The van der Waals surface area contributed by atoms with Crippen LogP contribution in [0, 0.1) is 0 Å². The van der Waals surface area contributed by atoms with Crippen LogP contribution < -0.4 is 15.4 Å². The van der Waals surface area contributed by atoms with Crippen molar-refractivity contribution in [3.05, 3.63) is 83.0 Å². The van der Waals surface area contributed by atoms with E-state index in [1.807, 2.05) is 67.2 Å². The number of anilines is 3. The molecule has 0 saturated heterocycles. The molecule has 0 radical (unpaired) electrons. The Bertz CT molecular complexity index is 1490. The van der Waals surface area contributed by atoms with Crippen molar-refractivity contribution < 1.29 is 9.53 Å². The molecule has 1 aliphatic heterocycles. The van der Waals surface area contributed by atoms with Gasteiger partial charge in [-0.05, 0) is 38.7 Å². The molecule has 10 nitrogen and oxygen atoms in total. The van der Waals surface area contributed by atoms with Crippen LogP contribution in [0.4, 0.5) is 17.5 Å². The maximum atomic E-state index is 13.2. The number of amides is 1. The predicted molar refractivity (Wildman–Crippen MR) is 157 cm³/mol. The van der Waals surface area contributed by atoms with E-state index in [1.165, 1.54) is 0 Å². The average Bonchev–Trinajstić information content (AvgIpc) is 3.38. The lowest BCUT2D eigenvalue weighted by Gasteiger charge is -2.36. The van der Waals surface area contributed by atoms with Gasteiger partial charge in [0.25, 0.3) is 0 Å². The van der Waals surface area contributed by atoms with Crippen LogP contribution in [0.1, 0.15) is 29.7 Å². The Morgan fingerprint density at radius 1 is 1.18 bits per heavy atom. The molecular formula is C29H33ClN8O2. The lowest BCUT2D eigenvalue weighted by molar-refractivity contribution is -0.133. The van der Waals surface area contributed by atoms with Crippen LogP contribution in [-0.2, 0) is 11.3 Å². The summed E-state index contributed by atoms with van der Waals surface area (Å²) in [5.41, 5.74) is 4.51. The number of hydrogen-bond donors (Lipinski definition) is 2. The van der Waals surface area contributed by atoms with E-state index in [2.05, 4.69) is 27.8 Å². The zero-order chi connectivity index (χ0) is 28.2. The van der Waals surface area contributed by atoms with Crippen LogP contribution in [0.3, 0.4) is 0 Å². The second kappa shape index (κ2) is 11.9. The van der Waals surface area contributed by atoms with Crippen molar-refractivity contribution in [2.75, 3.05) is 51.5 Å². The first kappa shape index (κ1) is 27.4. The van der Waals surface area contributed by atoms with Gasteiger partial charge in [-0.15, -0.1) is 0 Å². The molecule has 1 aliphatic rings. The van der Waals surface area contributed by atoms with Gasteiger partial charge in [-0.2, -0.15) is 4.98 Å². The summed E-state index contributed by atoms with van der Waals surface area (Å²) in [5.74, 6) is 1.80. The minimum atomic E-state index is -0.0973. The average molecular weight is 561 g/mol. The number of ether oxygens (including phenoxy) is 1. The number of nitrogens with zero attached hydrogens (tertiary/aromatic N) is 6. The normalized spacial score (nSPS) is 14.7. The third-order valence-electron chi connectivity index (χ3n) is 6.74. The van der Waals surface area contributed by atoms with Crippen molar-refractivity contribution in [1.29, 1.82) is 0 Å². The Kier molecular flexibility index (Phi) is 8.18. The quantitative estimate of drug-likeness (QED) is 0.308. The predicted octanol–water partition coefficient (Wildman–Crippen LogP) is 4.54. The Morgan fingerprint density at radius 3 is 2.65 bits per heavy atom. The molecule has 0 fully saturated rings. The number of nitrogens with one attached hydrogen (secondary N) is 2. The molecule has 0 saturated carbocycles. The summed E-state index contributed by atoms with van der Waals surface area (Å²) >= 11 is 6.02. The summed E-state index contributed by atoms with van der Waals surface area (Å²) in [6, 6.07) is 15.9. The standard InChI is InChI=1S/C29H33ClN8O2/c1-5-31-28-22-15-37(26(39)17-36(2)3)14-21(19-9-7-6-8-10-19)27(22)34-29(35-28)33-20-11-12-23(24(13-20)40-4)38-16-25(30)32-18-38/h6-13,16,18,21H,5,14-15,17H2,1-4H3,(H2,31,33,34,35). The molecule has 1 unspecified atom stereocenters. The van der Waals surface area contributed by atoms with Gasteiger partial charge in [0.2, 0.25) is 11.9 Å². The lowest BCUT2D eigenvalue weighted by atomic mass is 9.88. The first-order valence-corrected chi connectivity index (χ1v) is 13.5. The topological polar surface area (TPSA) is 100 Å². The van der Waals surface area contributed by atoms with Crippen molar-refractivity contribution in [2.45, 2.75) is 19.4 Å². The number of fused-ring (bicyclic) bond motifs is 1. The molecule has 1 atom stereocenters. The highest BCUT2D eigenvalue weighted by molar-refractivity contribution is 6.29. The van der Waals surface area contributed by atoms with Gasteiger partial charge in [-0.1, -0.05) is 41.9 Å². The van der Waals surface area contributed by atoms with Gasteiger partial charge in [0.1, 0.15) is 23.0 Å². The molecule has 0 spiro atoms. The Hall–Kier alpha value is -4.15. The van der Waals surface area contributed by atoms with Crippen molar-refractivity contribution in [3.63, 3.8) is 0 Å². The van der Waals surface area contributed by atoms with Crippen LogP contribution in [0.15, 0.2) is 61.1 Å². The van der Waals surface area contributed by atoms with Gasteiger partial charge in [0.15, 0.2) is 0 Å².